The Kier molecular flexibility index (Phi) is 4.11. The Bertz CT molecular complexity index is 636. The summed E-state index contributed by atoms with van der Waals surface area (Å²) in [4.78, 5) is 14.9. The lowest BCUT2D eigenvalue weighted by atomic mass is 9.84. The molecule has 0 saturated carbocycles. The molecule has 1 heterocycles. The number of nitrogens with zero attached hydrogens (tertiary/aromatic N) is 2. The molecule has 0 amide bonds. The minimum absolute atomic E-state index is 0.162. The van der Waals surface area contributed by atoms with Crippen LogP contribution in [0.15, 0.2) is 28.8 Å². The van der Waals surface area contributed by atoms with E-state index in [1.54, 1.807) is 26.0 Å². The molecule has 0 unspecified atom stereocenters. The van der Waals surface area contributed by atoms with Crippen molar-refractivity contribution in [3.63, 3.8) is 0 Å². The maximum absolute atomic E-state index is 12.9. The molecule has 0 aliphatic rings. The zero-order valence-electron chi connectivity index (χ0n) is 11.4. The number of hydrogen-bond donors (Lipinski definition) is 0. The van der Waals surface area contributed by atoms with Gasteiger partial charge in [-0.1, -0.05) is 17.3 Å². The Morgan fingerprint density at radius 3 is 2.48 bits per heavy atom. The fourth-order valence-electron chi connectivity index (χ4n) is 1.80. The lowest BCUT2D eigenvalue weighted by Gasteiger charge is -2.20. The van der Waals surface area contributed by atoms with E-state index in [0.717, 1.165) is 5.56 Å². The van der Waals surface area contributed by atoms with E-state index in [-0.39, 0.29) is 17.5 Å². The first-order valence-electron chi connectivity index (χ1n) is 6.20. The molecule has 2 aromatic rings. The highest BCUT2D eigenvalue weighted by molar-refractivity contribution is 5.82. The fraction of sp³-hybridized carbons (Fsp3) is 0.357. The number of ketones is 1. The van der Waals surface area contributed by atoms with Crippen LogP contribution in [0.1, 0.15) is 31.1 Å². The molecule has 0 N–H and O–H groups in total. The lowest BCUT2D eigenvalue weighted by Crippen LogP contribution is -2.21. The van der Waals surface area contributed by atoms with Crippen LogP contribution in [0.3, 0.4) is 0 Å². The molecule has 0 bridgehead atoms. The zero-order chi connectivity index (χ0) is 15.6. The van der Waals surface area contributed by atoms with E-state index in [0.29, 0.717) is 0 Å². The van der Waals surface area contributed by atoms with E-state index in [2.05, 4.69) is 10.1 Å². The number of hydrogen-bond acceptors (Lipinski definition) is 4. The van der Waals surface area contributed by atoms with Gasteiger partial charge in [-0.15, -0.1) is 0 Å². The highest BCUT2D eigenvalue weighted by atomic mass is 19.3. The highest BCUT2D eigenvalue weighted by Crippen LogP contribution is 2.29. The molecule has 0 spiro atoms. The number of Topliss-reactive ketones (excluding diaryl/α,β-unsaturated/α-hetero) is 1. The average molecular weight is 298 g/mol. The van der Waals surface area contributed by atoms with Crippen LogP contribution >= 0.6 is 0 Å². The van der Waals surface area contributed by atoms with E-state index in [1.807, 2.05) is 0 Å². The Morgan fingerprint density at radius 2 is 1.90 bits per heavy atom. The Hall–Kier alpha value is -2.18. The zero-order valence-corrected chi connectivity index (χ0v) is 11.4. The van der Waals surface area contributed by atoms with E-state index in [9.17, 15) is 18.0 Å². The van der Waals surface area contributed by atoms with Gasteiger partial charge < -0.3 is 4.52 Å². The predicted octanol–water partition coefficient (Wildman–Crippen LogP) is 2.91. The van der Waals surface area contributed by atoms with Crippen LogP contribution in [-0.4, -0.2) is 22.3 Å². The molecule has 112 valence electrons. The number of alkyl halides is 2. The number of rotatable bonds is 5. The molecule has 1 aromatic carbocycles. The van der Waals surface area contributed by atoms with Gasteiger partial charge in [-0.05, 0) is 31.5 Å². The highest BCUT2D eigenvalue weighted by Gasteiger charge is 2.30. The predicted molar refractivity (Wildman–Crippen MR) is 67.5 cm³/mol. The maximum atomic E-state index is 12.9. The largest absolute Gasteiger partial charge is 0.339 e. The molecule has 7 heteroatoms. The molecule has 4 nitrogen and oxygen atoms in total. The van der Waals surface area contributed by atoms with Crippen LogP contribution in [0.2, 0.25) is 0 Å². The van der Waals surface area contributed by atoms with Crippen LogP contribution in [0.4, 0.5) is 13.2 Å². The Morgan fingerprint density at radius 1 is 1.29 bits per heavy atom. The van der Waals surface area contributed by atoms with Crippen LogP contribution in [0, 0.1) is 5.82 Å². The van der Waals surface area contributed by atoms with E-state index in [1.165, 1.54) is 12.1 Å². The van der Waals surface area contributed by atoms with E-state index in [4.69, 9.17) is 4.52 Å². The van der Waals surface area contributed by atoms with Crippen molar-refractivity contribution >= 4 is 5.78 Å². The van der Waals surface area contributed by atoms with Crippen molar-refractivity contribution in [1.29, 1.82) is 0 Å². The lowest BCUT2D eigenvalue weighted by molar-refractivity contribution is -0.129. The van der Waals surface area contributed by atoms with Gasteiger partial charge in [-0.25, -0.2) is 13.2 Å². The van der Waals surface area contributed by atoms with E-state index < -0.39 is 24.0 Å². The van der Waals surface area contributed by atoms with Gasteiger partial charge in [0.2, 0.25) is 11.7 Å². The molecule has 0 aliphatic carbocycles. The van der Waals surface area contributed by atoms with Gasteiger partial charge in [-0.2, -0.15) is 4.98 Å². The van der Waals surface area contributed by atoms with Crippen molar-refractivity contribution in [2.45, 2.75) is 32.1 Å². The van der Waals surface area contributed by atoms with E-state index >= 15 is 0 Å². The Labute approximate surface area is 119 Å². The molecule has 1 aromatic heterocycles. The second-order valence-corrected chi connectivity index (χ2v) is 5.09. The normalized spacial score (nSPS) is 11.9. The van der Waals surface area contributed by atoms with Gasteiger partial charge in [-0.3, -0.25) is 4.79 Å². The molecule has 0 aliphatic heterocycles. The van der Waals surface area contributed by atoms with Gasteiger partial charge in [0, 0.05) is 0 Å². The fourth-order valence-corrected chi connectivity index (χ4v) is 1.80. The van der Waals surface area contributed by atoms with Crippen LogP contribution < -0.4 is 0 Å². The van der Waals surface area contributed by atoms with Crippen molar-refractivity contribution in [1.82, 2.24) is 10.1 Å². The second-order valence-electron chi connectivity index (χ2n) is 5.09. The number of benzene rings is 1. The first-order valence-corrected chi connectivity index (χ1v) is 6.20. The first-order chi connectivity index (χ1) is 9.80. The summed E-state index contributed by atoms with van der Waals surface area (Å²) in [6, 6.07) is 5.77. The summed E-state index contributed by atoms with van der Waals surface area (Å²) >= 11 is 0. The number of carbonyl (C=O) groups excluding carboxylic acids is 1. The topological polar surface area (TPSA) is 56.0 Å². The number of halogens is 3. The van der Waals surface area contributed by atoms with Crippen molar-refractivity contribution in [3.05, 3.63) is 47.4 Å². The smallest absolute Gasteiger partial charge is 0.296 e. The first kappa shape index (κ1) is 15.2. The maximum Gasteiger partial charge on any atom is 0.296 e. The summed E-state index contributed by atoms with van der Waals surface area (Å²) < 4.78 is 42.1. The standard InChI is InChI=1S/C14H13F3N2O2/c1-14(2,8-3-5-9(15)6-4-8)13-18-11(21-19-13)7-10(20)12(16)17/h3-6,12H,7H2,1-2H3. The van der Waals surface area contributed by atoms with Gasteiger partial charge in [0.1, 0.15) is 5.82 Å². The summed E-state index contributed by atoms with van der Waals surface area (Å²) in [7, 11) is 0. The molecule has 0 fully saturated rings. The van der Waals surface area contributed by atoms with Crippen LogP contribution in [-0.2, 0) is 16.6 Å². The van der Waals surface area contributed by atoms with Gasteiger partial charge in [0.25, 0.3) is 6.43 Å². The summed E-state index contributed by atoms with van der Waals surface area (Å²) in [6.45, 7) is 3.56. The molecule has 0 atom stereocenters. The Balaban J connectivity index is 2.23. The quantitative estimate of drug-likeness (QED) is 0.851. The summed E-state index contributed by atoms with van der Waals surface area (Å²) in [5.74, 6) is -1.56. The van der Waals surface area contributed by atoms with Crippen molar-refractivity contribution < 1.29 is 22.5 Å². The third-order valence-electron chi connectivity index (χ3n) is 3.16. The molecule has 2 rings (SSSR count). The average Bonchev–Trinajstić information content (AvgIpc) is 2.88. The molecule has 21 heavy (non-hydrogen) atoms. The summed E-state index contributed by atoms with van der Waals surface area (Å²) in [6.07, 6.45) is -3.67. The van der Waals surface area contributed by atoms with Gasteiger partial charge in [0.15, 0.2) is 5.82 Å². The second kappa shape index (κ2) is 5.67. The third-order valence-corrected chi connectivity index (χ3v) is 3.16. The number of aromatic nitrogens is 2. The van der Waals surface area contributed by atoms with Crippen LogP contribution in [0.5, 0.6) is 0 Å². The molecular weight excluding hydrogens is 285 g/mol. The van der Waals surface area contributed by atoms with Crippen molar-refractivity contribution in [2.24, 2.45) is 0 Å². The van der Waals surface area contributed by atoms with Crippen molar-refractivity contribution in [3.8, 4) is 0 Å². The van der Waals surface area contributed by atoms with Gasteiger partial charge >= 0.3 is 0 Å². The van der Waals surface area contributed by atoms with Crippen molar-refractivity contribution in [2.75, 3.05) is 0 Å². The third kappa shape index (κ3) is 3.29. The summed E-state index contributed by atoms with van der Waals surface area (Å²) in [5.41, 5.74) is 0.0278. The molecule has 0 radical (unpaired) electrons. The molecule has 0 saturated heterocycles. The summed E-state index contributed by atoms with van der Waals surface area (Å²) in [5, 5.41) is 3.72. The monoisotopic (exact) mass is 298 g/mol. The minimum Gasteiger partial charge on any atom is -0.339 e. The number of carbonyl (C=O) groups is 1. The minimum atomic E-state index is -3.06. The SMILES string of the molecule is CC(C)(c1ccc(F)cc1)c1noc(CC(=O)C(F)F)n1. The van der Waals surface area contributed by atoms with Gasteiger partial charge in [0.05, 0.1) is 11.8 Å². The van der Waals surface area contributed by atoms with Crippen LogP contribution in [0.25, 0.3) is 0 Å². The molecular formula is C14H13F3N2O2.